The number of hydrogen-bond acceptors (Lipinski definition) is 3. The lowest BCUT2D eigenvalue weighted by molar-refractivity contribution is -0.683. The first-order chi connectivity index (χ1) is 8.16. The first-order valence-electron chi connectivity index (χ1n) is 5.23. The Morgan fingerprint density at radius 1 is 1.22 bits per heavy atom. The first-order valence-corrected chi connectivity index (χ1v) is 6.11. The van der Waals surface area contributed by atoms with Gasteiger partial charge in [-0.1, -0.05) is 6.07 Å². The number of rotatable bonds is 4. The average molecular weight is 326 g/mol. The number of carbonyl (C=O) groups excluding carboxylic acids is 2. The summed E-state index contributed by atoms with van der Waals surface area (Å²) in [6.07, 6.45) is 3.50. The van der Waals surface area contributed by atoms with Gasteiger partial charge in [-0.2, -0.15) is 4.57 Å². The Kier molecular flexibility index (Phi) is 5.37. The minimum atomic E-state index is 0. The van der Waals surface area contributed by atoms with Gasteiger partial charge in [0.2, 0.25) is 12.3 Å². The Balaban J connectivity index is 0.00000162. The highest BCUT2D eigenvalue weighted by molar-refractivity contribution is 7.12. The molecule has 0 bridgehead atoms. The second-order valence-corrected chi connectivity index (χ2v) is 4.66. The molecule has 0 amide bonds. The molecule has 0 aliphatic rings. The number of carbonyl (C=O) groups is 2. The smallest absolute Gasteiger partial charge is 0.237 e. The molecule has 2 aromatic heterocycles. The van der Waals surface area contributed by atoms with Crippen LogP contribution in [0.2, 0.25) is 0 Å². The van der Waals surface area contributed by atoms with Crippen molar-refractivity contribution in [3.05, 3.63) is 52.5 Å². The van der Waals surface area contributed by atoms with E-state index in [9.17, 15) is 9.59 Å². The van der Waals surface area contributed by atoms with Crippen molar-refractivity contribution in [2.45, 2.75) is 13.5 Å². The van der Waals surface area contributed by atoms with E-state index in [0.29, 0.717) is 12.1 Å². The van der Waals surface area contributed by atoms with Crippen LogP contribution >= 0.6 is 11.3 Å². The van der Waals surface area contributed by atoms with E-state index in [2.05, 4.69) is 0 Å². The van der Waals surface area contributed by atoms with Gasteiger partial charge in [-0.25, -0.2) is 0 Å². The van der Waals surface area contributed by atoms with Crippen LogP contribution in [0.1, 0.15) is 27.0 Å². The summed E-state index contributed by atoms with van der Waals surface area (Å²) in [6, 6.07) is 7.13. The summed E-state index contributed by atoms with van der Waals surface area (Å²) in [5.74, 6) is 0.113. The third-order valence-electron chi connectivity index (χ3n) is 2.42. The number of aromatic nitrogens is 1. The van der Waals surface area contributed by atoms with Crippen LogP contribution < -0.4 is 21.5 Å². The molecule has 18 heavy (non-hydrogen) atoms. The lowest BCUT2D eigenvalue weighted by Gasteiger charge is -1.96. The van der Waals surface area contributed by atoms with Gasteiger partial charge in [0.1, 0.15) is 0 Å². The van der Waals surface area contributed by atoms with Crippen molar-refractivity contribution >= 4 is 22.9 Å². The normalized spacial score (nSPS) is 9.61. The molecule has 0 spiro atoms. The summed E-state index contributed by atoms with van der Waals surface area (Å²) in [4.78, 5) is 23.7. The standard InChI is InChI=1S/C13H12NO2S.BrH/c1-10(15)11-4-6-14(7-5-11)9-12(16)13-3-2-8-17-13;/h2-8H,9H2,1H3;1H/q+1;/p-1. The summed E-state index contributed by atoms with van der Waals surface area (Å²) >= 11 is 1.44. The molecule has 2 aromatic rings. The molecule has 2 heterocycles. The van der Waals surface area contributed by atoms with Gasteiger partial charge in [-0.3, -0.25) is 9.59 Å². The molecule has 5 heteroatoms. The Morgan fingerprint density at radius 2 is 1.89 bits per heavy atom. The van der Waals surface area contributed by atoms with Crippen LogP contribution in [0.15, 0.2) is 42.0 Å². The summed E-state index contributed by atoms with van der Waals surface area (Å²) in [6.45, 7) is 1.83. The zero-order chi connectivity index (χ0) is 12.3. The Bertz CT molecular complexity index is 535. The summed E-state index contributed by atoms with van der Waals surface area (Å²) < 4.78 is 1.77. The van der Waals surface area contributed by atoms with E-state index in [1.54, 1.807) is 29.1 Å². The number of thiophene rings is 1. The molecule has 0 N–H and O–H groups in total. The molecule has 0 radical (unpaired) electrons. The number of hydrogen-bond donors (Lipinski definition) is 0. The van der Waals surface area contributed by atoms with Crippen LogP contribution in [0, 0.1) is 0 Å². The molecule has 0 aliphatic carbocycles. The summed E-state index contributed by atoms with van der Waals surface area (Å²) in [5, 5.41) is 1.89. The fraction of sp³-hybridized carbons (Fsp3) is 0.154. The van der Waals surface area contributed by atoms with Crippen molar-refractivity contribution in [1.29, 1.82) is 0 Å². The molecular formula is C13H12BrNO2S. The van der Waals surface area contributed by atoms with E-state index in [-0.39, 0.29) is 28.5 Å². The van der Waals surface area contributed by atoms with Crippen LogP contribution in [0.25, 0.3) is 0 Å². The van der Waals surface area contributed by atoms with Crippen LogP contribution in [-0.4, -0.2) is 11.6 Å². The van der Waals surface area contributed by atoms with Crippen molar-refractivity contribution in [3.8, 4) is 0 Å². The quantitative estimate of drug-likeness (QED) is 0.541. The van der Waals surface area contributed by atoms with Gasteiger partial charge in [-0.15, -0.1) is 11.3 Å². The van der Waals surface area contributed by atoms with E-state index in [4.69, 9.17) is 0 Å². The Labute approximate surface area is 120 Å². The van der Waals surface area contributed by atoms with Crippen LogP contribution in [-0.2, 0) is 6.54 Å². The maximum atomic E-state index is 11.8. The van der Waals surface area contributed by atoms with Crippen molar-refractivity contribution in [2.24, 2.45) is 0 Å². The zero-order valence-electron chi connectivity index (χ0n) is 9.80. The van der Waals surface area contributed by atoms with Crippen molar-refractivity contribution in [3.63, 3.8) is 0 Å². The number of nitrogens with zero attached hydrogens (tertiary/aromatic N) is 1. The van der Waals surface area contributed by atoms with Gasteiger partial charge >= 0.3 is 0 Å². The molecule has 2 rings (SSSR count). The molecule has 94 valence electrons. The summed E-state index contributed by atoms with van der Waals surface area (Å²) in [7, 11) is 0. The Hall–Kier alpha value is -1.33. The van der Waals surface area contributed by atoms with Gasteiger partial charge in [0.15, 0.2) is 18.2 Å². The molecule has 0 fully saturated rings. The maximum absolute atomic E-state index is 11.8. The molecule has 0 aromatic carbocycles. The third kappa shape index (κ3) is 3.58. The highest BCUT2D eigenvalue weighted by Gasteiger charge is 2.13. The minimum Gasteiger partial charge on any atom is -1.00 e. The van der Waals surface area contributed by atoms with Crippen LogP contribution in [0.5, 0.6) is 0 Å². The van der Waals surface area contributed by atoms with Crippen LogP contribution in [0.3, 0.4) is 0 Å². The molecule has 0 atom stereocenters. The molecule has 0 unspecified atom stereocenters. The van der Waals surface area contributed by atoms with E-state index in [1.807, 2.05) is 17.5 Å². The largest absolute Gasteiger partial charge is 1.00 e. The monoisotopic (exact) mass is 325 g/mol. The highest BCUT2D eigenvalue weighted by atomic mass is 79.9. The van der Waals surface area contributed by atoms with Crippen molar-refractivity contribution in [1.82, 2.24) is 0 Å². The van der Waals surface area contributed by atoms with Gasteiger partial charge in [-0.05, 0) is 18.4 Å². The molecule has 0 saturated carbocycles. The van der Waals surface area contributed by atoms with Crippen LogP contribution in [0.4, 0.5) is 0 Å². The number of halogens is 1. The molecule has 0 aliphatic heterocycles. The summed E-state index contributed by atoms with van der Waals surface area (Å²) in [5.41, 5.74) is 0.657. The number of Topliss-reactive ketones (excluding diaryl/α,β-unsaturated/α-hetero) is 2. The minimum absolute atomic E-state index is 0. The van der Waals surface area contributed by atoms with Gasteiger partial charge in [0.25, 0.3) is 0 Å². The molecule has 0 saturated heterocycles. The SMILES string of the molecule is CC(=O)c1cc[n+](CC(=O)c2cccs2)cc1.[Br-]. The average Bonchev–Trinajstić information content (AvgIpc) is 2.83. The van der Waals surface area contributed by atoms with E-state index in [0.717, 1.165) is 4.88 Å². The highest BCUT2D eigenvalue weighted by Crippen LogP contribution is 2.09. The van der Waals surface area contributed by atoms with E-state index >= 15 is 0 Å². The molecule has 3 nitrogen and oxygen atoms in total. The number of pyridine rings is 1. The second kappa shape index (κ2) is 6.56. The fourth-order valence-electron chi connectivity index (χ4n) is 1.48. The maximum Gasteiger partial charge on any atom is 0.237 e. The molecular weight excluding hydrogens is 314 g/mol. The lowest BCUT2D eigenvalue weighted by Crippen LogP contribution is -3.00. The van der Waals surface area contributed by atoms with Gasteiger partial charge in [0, 0.05) is 17.7 Å². The zero-order valence-corrected chi connectivity index (χ0v) is 12.2. The van der Waals surface area contributed by atoms with E-state index < -0.39 is 0 Å². The van der Waals surface area contributed by atoms with E-state index in [1.165, 1.54) is 18.3 Å². The Morgan fingerprint density at radius 3 is 2.39 bits per heavy atom. The third-order valence-corrected chi connectivity index (χ3v) is 3.33. The topological polar surface area (TPSA) is 38.0 Å². The lowest BCUT2D eigenvalue weighted by atomic mass is 10.2. The fourth-order valence-corrected chi connectivity index (χ4v) is 2.14. The first kappa shape index (κ1) is 14.7. The van der Waals surface area contributed by atoms with Crippen molar-refractivity contribution < 1.29 is 31.1 Å². The van der Waals surface area contributed by atoms with Gasteiger partial charge in [0.05, 0.1) is 4.88 Å². The predicted molar refractivity (Wildman–Crippen MR) is 65.3 cm³/mol. The van der Waals surface area contributed by atoms with Crippen molar-refractivity contribution in [2.75, 3.05) is 0 Å². The number of ketones is 2. The predicted octanol–water partition coefficient (Wildman–Crippen LogP) is -0.875. The second-order valence-electron chi connectivity index (χ2n) is 3.72. The van der Waals surface area contributed by atoms with Gasteiger partial charge < -0.3 is 17.0 Å².